The van der Waals surface area contributed by atoms with Crippen molar-refractivity contribution in [1.29, 1.82) is 0 Å². The fourth-order valence-electron chi connectivity index (χ4n) is 2.02. The van der Waals surface area contributed by atoms with Crippen LogP contribution in [-0.4, -0.2) is 16.9 Å². The van der Waals surface area contributed by atoms with Gasteiger partial charge < -0.3 is 10.1 Å². The third-order valence-corrected chi connectivity index (χ3v) is 2.97. The molecule has 2 rings (SSSR count). The summed E-state index contributed by atoms with van der Waals surface area (Å²) in [5.74, 6) is 0. The van der Waals surface area contributed by atoms with Crippen LogP contribution in [0.3, 0.4) is 0 Å². The number of aryl methyl sites for hydroxylation is 1. The molecular formula is C15H21N3O. The van der Waals surface area contributed by atoms with Gasteiger partial charge in [0.25, 0.3) is 0 Å². The highest BCUT2D eigenvalue weighted by molar-refractivity contribution is 5.23. The van der Waals surface area contributed by atoms with E-state index < -0.39 is 0 Å². The first-order valence-electron chi connectivity index (χ1n) is 6.60. The average molecular weight is 259 g/mol. The Morgan fingerprint density at radius 3 is 2.74 bits per heavy atom. The molecular weight excluding hydrogens is 238 g/mol. The Morgan fingerprint density at radius 2 is 2.00 bits per heavy atom. The number of hydrogen-bond acceptors (Lipinski definition) is 3. The van der Waals surface area contributed by atoms with Crippen molar-refractivity contribution in [2.75, 3.05) is 7.11 Å². The van der Waals surface area contributed by atoms with Gasteiger partial charge in [0.1, 0.15) is 0 Å². The van der Waals surface area contributed by atoms with E-state index in [9.17, 15) is 0 Å². The average Bonchev–Trinajstić information content (AvgIpc) is 2.88. The Morgan fingerprint density at radius 1 is 1.21 bits per heavy atom. The smallest absolute Gasteiger partial charge is 0.0713 e. The highest BCUT2D eigenvalue weighted by Crippen LogP contribution is 2.06. The third-order valence-electron chi connectivity index (χ3n) is 2.97. The maximum Gasteiger partial charge on any atom is 0.0713 e. The van der Waals surface area contributed by atoms with E-state index >= 15 is 0 Å². The molecule has 1 heterocycles. The van der Waals surface area contributed by atoms with Gasteiger partial charge in [-0.2, -0.15) is 5.10 Å². The summed E-state index contributed by atoms with van der Waals surface area (Å²) in [7, 11) is 1.72. The molecule has 0 aliphatic heterocycles. The summed E-state index contributed by atoms with van der Waals surface area (Å²) in [5.41, 5.74) is 3.70. The molecule has 4 heteroatoms. The molecule has 0 saturated heterocycles. The minimum atomic E-state index is 0.664. The van der Waals surface area contributed by atoms with Crippen molar-refractivity contribution in [2.24, 2.45) is 0 Å². The fourth-order valence-corrected chi connectivity index (χ4v) is 2.02. The minimum Gasteiger partial charge on any atom is -0.380 e. The zero-order valence-corrected chi connectivity index (χ0v) is 11.6. The summed E-state index contributed by atoms with van der Waals surface area (Å²) >= 11 is 0. The Hall–Kier alpha value is -1.65. The molecule has 0 fully saturated rings. The van der Waals surface area contributed by atoms with E-state index in [2.05, 4.69) is 47.8 Å². The fraction of sp³-hybridized carbons (Fsp3) is 0.400. The first kappa shape index (κ1) is 13.8. The molecule has 0 aliphatic carbocycles. The number of rotatable bonds is 7. The van der Waals surface area contributed by atoms with Crippen molar-refractivity contribution < 1.29 is 4.74 Å². The zero-order chi connectivity index (χ0) is 13.5. The van der Waals surface area contributed by atoms with Gasteiger partial charge in [-0.05, 0) is 18.1 Å². The standard InChI is InChI=1S/C15H21N3O/c1-3-18-11-15(10-17-18)9-16-8-13-5-4-6-14(7-13)12-19-2/h4-7,10-11,16H,3,8-9,12H2,1-2H3. The monoisotopic (exact) mass is 259 g/mol. The van der Waals surface area contributed by atoms with E-state index in [1.54, 1.807) is 7.11 Å². The Balaban J connectivity index is 1.83. The molecule has 1 N–H and O–H groups in total. The number of nitrogens with zero attached hydrogens (tertiary/aromatic N) is 2. The van der Waals surface area contributed by atoms with Crippen molar-refractivity contribution in [3.05, 3.63) is 53.3 Å². The lowest BCUT2D eigenvalue weighted by molar-refractivity contribution is 0.185. The highest BCUT2D eigenvalue weighted by atomic mass is 16.5. The predicted octanol–water partition coefficient (Wildman–Crippen LogP) is 2.34. The van der Waals surface area contributed by atoms with Gasteiger partial charge in [0.15, 0.2) is 0 Å². The number of hydrogen-bond donors (Lipinski definition) is 1. The van der Waals surface area contributed by atoms with Crippen LogP contribution in [0.2, 0.25) is 0 Å². The zero-order valence-electron chi connectivity index (χ0n) is 11.6. The molecule has 0 atom stereocenters. The quantitative estimate of drug-likeness (QED) is 0.829. The normalized spacial score (nSPS) is 10.8. The Labute approximate surface area is 114 Å². The summed E-state index contributed by atoms with van der Waals surface area (Å²) < 4.78 is 7.08. The number of ether oxygens (including phenoxy) is 1. The van der Waals surface area contributed by atoms with Gasteiger partial charge in [-0.3, -0.25) is 4.68 Å². The summed E-state index contributed by atoms with van der Waals surface area (Å²) in [4.78, 5) is 0. The summed E-state index contributed by atoms with van der Waals surface area (Å²) in [6.07, 6.45) is 3.99. The third kappa shape index (κ3) is 4.19. The summed E-state index contributed by atoms with van der Waals surface area (Å²) in [5, 5.41) is 7.69. The molecule has 0 amide bonds. The van der Waals surface area contributed by atoms with Crippen molar-refractivity contribution in [2.45, 2.75) is 33.2 Å². The lowest BCUT2D eigenvalue weighted by Crippen LogP contribution is -2.12. The minimum absolute atomic E-state index is 0.664. The van der Waals surface area contributed by atoms with Crippen molar-refractivity contribution in [3.8, 4) is 0 Å². The van der Waals surface area contributed by atoms with Crippen LogP contribution in [0, 0.1) is 0 Å². The number of methoxy groups -OCH3 is 1. The van der Waals surface area contributed by atoms with Crippen LogP contribution < -0.4 is 5.32 Å². The lowest BCUT2D eigenvalue weighted by atomic mass is 10.1. The van der Waals surface area contributed by atoms with Crippen LogP contribution >= 0.6 is 0 Å². The van der Waals surface area contributed by atoms with Gasteiger partial charge in [-0.1, -0.05) is 24.3 Å². The van der Waals surface area contributed by atoms with E-state index in [1.165, 1.54) is 16.7 Å². The van der Waals surface area contributed by atoms with E-state index in [-0.39, 0.29) is 0 Å². The van der Waals surface area contributed by atoms with Gasteiger partial charge >= 0.3 is 0 Å². The van der Waals surface area contributed by atoms with Crippen molar-refractivity contribution in [1.82, 2.24) is 15.1 Å². The molecule has 1 aromatic carbocycles. The topological polar surface area (TPSA) is 39.1 Å². The van der Waals surface area contributed by atoms with Crippen LogP contribution in [0.4, 0.5) is 0 Å². The molecule has 19 heavy (non-hydrogen) atoms. The van der Waals surface area contributed by atoms with Crippen LogP contribution in [0.25, 0.3) is 0 Å². The SMILES string of the molecule is CCn1cc(CNCc2cccc(COC)c2)cn1. The molecule has 102 valence electrons. The summed E-state index contributed by atoms with van der Waals surface area (Å²) in [6.45, 7) is 5.37. The lowest BCUT2D eigenvalue weighted by Gasteiger charge is -2.06. The van der Waals surface area contributed by atoms with Crippen LogP contribution in [-0.2, 0) is 31.0 Å². The van der Waals surface area contributed by atoms with Crippen LogP contribution in [0.15, 0.2) is 36.7 Å². The highest BCUT2D eigenvalue weighted by Gasteiger charge is 1.99. The van der Waals surface area contributed by atoms with Gasteiger partial charge in [0.05, 0.1) is 12.8 Å². The predicted molar refractivity (Wildman–Crippen MR) is 75.6 cm³/mol. The van der Waals surface area contributed by atoms with Crippen LogP contribution in [0.1, 0.15) is 23.6 Å². The van der Waals surface area contributed by atoms with Crippen LogP contribution in [0.5, 0.6) is 0 Å². The van der Waals surface area contributed by atoms with Crippen molar-refractivity contribution >= 4 is 0 Å². The molecule has 0 saturated carbocycles. The van der Waals surface area contributed by atoms with Gasteiger partial charge in [0, 0.05) is 38.5 Å². The molecule has 2 aromatic rings. The van der Waals surface area contributed by atoms with Gasteiger partial charge in [0.2, 0.25) is 0 Å². The maximum atomic E-state index is 5.14. The number of nitrogens with one attached hydrogen (secondary N) is 1. The molecule has 4 nitrogen and oxygen atoms in total. The molecule has 0 radical (unpaired) electrons. The van der Waals surface area contributed by atoms with E-state index in [0.717, 1.165) is 19.6 Å². The molecule has 0 aliphatic rings. The largest absolute Gasteiger partial charge is 0.380 e. The van der Waals surface area contributed by atoms with E-state index in [1.807, 2.05) is 10.9 Å². The van der Waals surface area contributed by atoms with Gasteiger partial charge in [-0.25, -0.2) is 0 Å². The Kier molecular flexibility index (Phi) is 5.12. The summed E-state index contributed by atoms with van der Waals surface area (Å²) in [6, 6.07) is 8.45. The second-order valence-electron chi connectivity index (χ2n) is 4.56. The second kappa shape index (κ2) is 7.07. The van der Waals surface area contributed by atoms with Gasteiger partial charge in [-0.15, -0.1) is 0 Å². The van der Waals surface area contributed by atoms with Crippen molar-refractivity contribution in [3.63, 3.8) is 0 Å². The number of benzene rings is 1. The Bertz CT molecular complexity index is 508. The maximum absolute atomic E-state index is 5.14. The number of aromatic nitrogens is 2. The van der Waals surface area contributed by atoms with E-state index in [4.69, 9.17) is 4.74 Å². The molecule has 1 aromatic heterocycles. The first-order chi connectivity index (χ1) is 9.31. The van der Waals surface area contributed by atoms with E-state index in [0.29, 0.717) is 6.61 Å². The first-order valence-corrected chi connectivity index (χ1v) is 6.60. The molecule has 0 bridgehead atoms. The molecule has 0 spiro atoms. The molecule has 0 unspecified atom stereocenters. The second-order valence-corrected chi connectivity index (χ2v) is 4.56.